The number of Topliss-reactive ketones (excluding diaryl/α,β-unsaturated/α-hetero) is 1. The molecule has 0 aromatic heterocycles. The molecule has 3 heteroatoms. The van der Waals surface area contributed by atoms with E-state index in [2.05, 4.69) is 0 Å². The molecule has 0 aliphatic heterocycles. The van der Waals surface area contributed by atoms with E-state index in [1.165, 1.54) is 0 Å². The van der Waals surface area contributed by atoms with Crippen molar-refractivity contribution in [3.05, 3.63) is 28.8 Å². The molecule has 0 saturated carbocycles. The monoisotopic (exact) mass is 229 g/mol. The molecule has 0 aliphatic carbocycles. The molecule has 0 spiro atoms. The van der Waals surface area contributed by atoms with Crippen molar-refractivity contribution in [3.8, 4) is 5.75 Å². The van der Waals surface area contributed by atoms with Crippen LogP contribution in [-0.4, -0.2) is 12.9 Å². The van der Waals surface area contributed by atoms with Crippen molar-refractivity contribution in [1.29, 1.82) is 0 Å². The predicted molar refractivity (Wildman–Crippen MR) is 52.5 cm³/mol. The number of rotatable bonds is 2. The third kappa shape index (κ3) is 2.63. The SMILES string of the molecule is COc1c(C)cc(C(C)=O)cc1C.[V]. The molecule has 0 unspecified atom stereocenters. The fourth-order valence-corrected chi connectivity index (χ4v) is 1.48. The maximum atomic E-state index is 11.1. The molecule has 14 heavy (non-hydrogen) atoms. The van der Waals surface area contributed by atoms with Crippen molar-refractivity contribution in [2.45, 2.75) is 20.8 Å². The van der Waals surface area contributed by atoms with Crippen LogP contribution in [0.4, 0.5) is 0 Å². The molecule has 1 radical (unpaired) electrons. The van der Waals surface area contributed by atoms with Crippen LogP contribution in [0.1, 0.15) is 28.4 Å². The van der Waals surface area contributed by atoms with Gasteiger partial charge in [0.1, 0.15) is 5.75 Å². The van der Waals surface area contributed by atoms with Crippen LogP contribution in [0, 0.1) is 13.8 Å². The minimum atomic E-state index is 0. The van der Waals surface area contributed by atoms with Crippen LogP contribution in [0.5, 0.6) is 5.75 Å². The Morgan fingerprint density at radius 2 is 1.64 bits per heavy atom. The summed E-state index contributed by atoms with van der Waals surface area (Å²) in [5.41, 5.74) is 2.76. The van der Waals surface area contributed by atoms with E-state index in [0.717, 1.165) is 22.4 Å². The Morgan fingerprint density at radius 1 is 1.21 bits per heavy atom. The van der Waals surface area contributed by atoms with Crippen molar-refractivity contribution >= 4 is 5.78 Å². The largest absolute Gasteiger partial charge is 0.496 e. The molecular formula is C11H14O2V. The molecule has 0 aliphatic rings. The molecule has 1 aromatic carbocycles. The van der Waals surface area contributed by atoms with Gasteiger partial charge in [-0.25, -0.2) is 0 Å². The Labute approximate surface area is 96.5 Å². The first-order valence-electron chi connectivity index (χ1n) is 4.22. The molecule has 75 valence electrons. The number of benzene rings is 1. The van der Waals surface area contributed by atoms with Crippen molar-refractivity contribution in [3.63, 3.8) is 0 Å². The van der Waals surface area contributed by atoms with Gasteiger partial charge in [0.2, 0.25) is 0 Å². The summed E-state index contributed by atoms with van der Waals surface area (Å²) in [6.45, 7) is 5.46. The molecule has 0 N–H and O–H groups in total. The molecule has 1 aromatic rings. The summed E-state index contributed by atoms with van der Waals surface area (Å²) in [6, 6.07) is 3.71. The van der Waals surface area contributed by atoms with E-state index in [-0.39, 0.29) is 24.3 Å². The number of ketones is 1. The fraction of sp³-hybridized carbons (Fsp3) is 0.364. The first-order valence-corrected chi connectivity index (χ1v) is 4.22. The van der Waals surface area contributed by atoms with Gasteiger partial charge in [0, 0.05) is 24.1 Å². The number of hydrogen-bond acceptors (Lipinski definition) is 2. The van der Waals surface area contributed by atoms with Gasteiger partial charge in [-0.2, -0.15) is 0 Å². The topological polar surface area (TPSA) is 26.3 Å². The van der Waals surface area contributed by atoms with Crippen molar-refractivity contribution in [1.82, 2.24) is 0 Å². The van der Waals surface area contributed by atoms with Gasteiger partial charge in [0.25, 0.3) is 0 Å². The summed E-state index contributed by atoms with van der Waals surface area (Å²) in [5.74, 6) is 0.957. The number of aryl methyl sites for hydroxylation is 2. The first kappa shape index (κ1) is 13.3. The molecule has 0 heterocycles. The normalized spacial score (nSPS) is 9.14. The van der Waals surface area contributed by atoms with E-state index in [1.807, 2.05) is 26.0 Å². The molecule has 0 amide bonds. The van der Waals surface area contributed by atoms with Crippen LogP contribution in [0.25, 0.3) is 0 Å². The maximum Gasteiger partial charge on any atom is 0.159 e. The Kier molecular flexibility index (Phi) is 4.96. The van der Waals surface area contributed by atoms with Gasteiger partial charge < -0.3 is 4.74 Å². The summed E-state index contributed by atoms with van der Waals surface area (Å²) in [5, 5.41) is 0. The average molecular weight is 229 g/mol. The molecule has 0 fully saturated rings. The minimum absolute atomic E-state index is 0. The third-order valence-corrected chi connectivity index (χ3v) is 2.07. The number of carbonyl (C=O) groups excluding carboxylic acids is 1. The second-order valence-corrected chi connectivity index (χ2v) is 3.20. The molecular weight excluding hydrogens is 215 g/mol. The second-order valence-electron chi connectivity index (χ2n) is 3.20. The molecule has 0 atom stereocenters. The number of hydrogen-bond donors (Lipinski definition) is 0. The van der Waals surface area contributed by atoms with E-state index >= 15 is 0 Å². The zero-order chi connectivity index (χ0) is 10.0. The van der Waals surface area contributed by atoms with Crippen LogP contribution in [0.2, 0.25) is 0 Å². The summed E-state index contributed by atoms with van der Waals surface area (Å²) in [7, 11) is 1.64. The number of ether oxygens (including phenoxy) is 1. The first-order chi connectivity index (χ1) is 6.06. The Morgan fingerprint density at radius 3 is 1.93 bits per heavy atom. The zero-order valence-electron chi connectivity index (χ0n) is 8.92. The fourth-order valence-electron chi connectivity index (χ4n) is 1.48. The van der Waals surface area contributed by atoms with E-state index < -0.39 is 0 Å². The second kappa shape index (κ2) is 5.23. The van der Waals surface area contributed by atoms with Crippen LogP contribution in [0.15, 0.2) is 12.1 Å². The third-order valence-electron chi connectivity index (χ3n) is 2.07. The standard InChI is InChI=1S/C11H14O2.V/c1-7-5-10(9(3)12)6-8(2)11(7)13-4;/h5-6H,1-4H3;. The van der Waals surface area contributed by atoms with Gasteiger partial charge in [-0.1, -0.05) is 0 Å². The Balaban J connectivity index is 0.00000169. The summed E-state index contributed by atoms with van der Waals surface area (Å²) >= 11 is 0. The summed E-state index contributed by atoms with van der Waals surface area (Å²) in [6.07, 6.45) is 0. The van der Waals surface area contributed by atoms with E-state index in [1.54, 1.807) is 14.0 Å². The van der Waals surface area contributed by atoms with E-state index in [9.17, 15) is 4.79 Å². The maximum absolute atomic E-state index is 11.1. The summed E-state index contributed by atoms with van der Waals surface area (Å²) in [4.78, 5) is 11.1. The van der Waals surface area contributed by atoms with Crippen LogP contribution in [0.3, 0.4) is 0 Å². The van der Waals surface area contributed by atoms with E-state index in [0.29, 0.717) is 0 Å². The smallest absolute Gasteiger partial charge is 0.159 e. The molecule has 0 bridgehead atoms. The zero-order valence-corrected chi connectivity index (χ0v) is 10.3. The predicted octanol–water partition coefficient (Wildman–Crippen LogP) is 2.51. The van der Waals surface area contributed by atoms with Crippen molar-refractivity contribution < 1.29 is 28.1 Å². The average Bonchev–Trinajstić information content (AvgIpc) is 2.03. The number of methoxy groups -OCH3 is 1. The van der Waals surface area contributed by atoms with Gasteiger partial charge in [0.15, 0.2) is 5.78 Å². The van der Waals surface area contributed by atoms with Gasteiger partial charge in [0.05, 0.1) is 7.11 Å². The van der Waals surface area contributed by atoms with E-state index in [4.69, 9.17) is 4.74 Å². The number of carbonyl (C=O) groups is 1. The van der Waals surface area contributed by atoms with Gasteiger partial charge in [-0.3, -0.25) is 4.79 Å². The summed E-state index contributed by atoms with van der Waals surface area (Å²) < 4.78 is 5.20. The molecule has 2 nitrogen and oxygen atoms in total. The van der Waals surface area contributed by atoms with Gasteiger partial charge >= 0.3 is 0 Å². The molecule has 0 saturated heterocycles. The van der Waals surface area contributed by atoms with Crippen molar-refractivity contribution in [2.24, 2.45) is 0 Å². The minimum Gasteiger partial charge on any atom is -0.496 e. The van der Waals surface area contributed by atoms with Crippen molar-refractivity contribution in [2.75, 3.05) is 7.11 Å². The quantitative estimate of drug-likeness (QED) is 0.728. The molecule has 1 rings (SSSR count). The van der Waals surface area contributed by atoms with Crippen LogP contribution >= 0.6 is 0 Å². The Bertz CT molecular complexity index is 322. The van der Waals surface area contributed by atoms with Gasteiger partial charge in [-0.15, -0.1) is 0 Å². The van der Waals surface area contributed by atoms with Gasteiger partial charge in [-0.05, 0) is 44.0 Å². The van der Waals surface area contributed by atoms with Crippen LogP contribution in [-0.2, 0) is 18.6 Å². The van der Waals surface area contributed by atoms with Crippen LogP contribution < -0.4 is 4.74 Å². The Hall–Kier alpha value is -0.726.